The van der Waals surface area contributed by atoms with Crippen molar-refractivity contribution in [3.63, 3.8) is 0 Å². The summed E-state index contributed by atoms with van der Waals surface area (Å²) in [7, 11) is 1.72. The van der Waals surface area contributed by atoms with Crippen LogP contribution in [-0.2, 0) is 0 Å². The second kappa shape index (κ2) is 8.30. The Morgan fingerprint density at radius 1 is 1.12 bits per heavy atom. The first-order valence-corrected chi connectivity index (χ1v) is 8.13. The van der Waals surface area contributed by atoms with E-state index in [1.807, 2.05) is 38.1 Å². The van der Waals surface area contributed by atoms with Crippen LogP contribution in [0, 0.1) is 6.92 Å². The molecular formula is C19H24N4O2. The summed E-state index contributed by atoms with van der Waals surface area (Å²) in [6, 6.07) is 14.0. The van der Waals surface area contributed by atoms with Gasteiger partial charge in [0.1, 0.15) is 0 Å². The highest BCUT2D eigenvalue weighted by Crippen LogP contribution is 2.19. The lowest BCUT2D eigenvalue weighted by molar-refractivity contribution is 0.0748. The van der Waals surface area contributed by atoms with Crippen LogP contribution in [0.1, 0.15) is 22.8 Å². The Kier molecular flexibility index (Phi) is 6.14. The van der Waals surface area contributed by atoms with Gasteiger partial charge in [0.15, 0.2) is 0 Å². The number of nitrogens with two attached hydrogens (primary N) is 1. The number of benzene rings is 2. The number of carbonyl (C=O) groups excluding carboxylic acids is 2. The number of rotatable bonds is 5. The third-order valence-electron chi connectivity index (χ3n) is 4.09. The highest BCUT2D eigenvalue weighted by molar-refractivity contribution is 6.02. The molecule has 132 valence electrons. The van der Waals surface area contributed by atoms with Gasteiger partial charge in [0, 0.05) is 36.6 Å². The largest absolute Gasteiger partial charge is 0.338 e. The molecule has 2 aromatic rings. The zero-order valence-electron chi connectivity index (χ0n) is 14.7. The zero-order chi connectivity index (χ0) is 18.4. The van der Waals surface area contributed by atoms with Gasteiger partial charge in [-0.1, -0.05) is 24.3 Å². The molecule has 1 atom stereocenters. The van der Waals surface area contributed by atoms with Crippen LogP contribution in [0.3, 0.4) is 0 Å². The van der Waals surface area contributed by atoms with Crippen LogP contribution in [0.2, 0.25) is 0 Å². The van der Waals surface area contributed by atoms with Gasteiger partial charge in [-0.05, 0) is 43.7 Å². The van der Waals surface area contributed by atoms with Gasteiger partial charge in [-0.3, -0.25) is 4.79 Å². The van der Waals surface area contributed by atoms with Crippen molar-refractivity contribution >= 4 is 23.3 Å². The van der Waals surface area contributed by atoms with E-state index in [-0.39, 0.29) is 18.0 Å². The second-order valence-electron chi connectivity index (χ2n) is 5.98. The van der Waals surface area contributed by atoms with Gasteiger partial charge in [-0.2, -0.15) is 0 Å². The first-order valence-electron chi connectivity index (χ1n) is 8.13. The summed E-state index contributed by atoms with van der Waals surface area (Å²) in [5.74, 6) is -0.135. The van der Waals surface area contributed by atoms with E-state index >= 15 is 0 Å². The second-order valence-corrected chi connectivity index (χ2v) is 5.98. The fourth-order valence-corrected chi connectivity index (χ4v) is 2.26. The molecule has 6 heteroatoms. The van der Waals surface area contributed by atoms with E-state index in [2.05, 4.69) is 10.6 Å². The lowest BCUT2D eigenvalue weighted by Gasteiger charge is -2.24. The molecule has 0 aliphatic carbocycles. The Morgan fingerprint density at radius 3 is 2.44 bits per heavy atom. The molecule has 0 saturated heterocycles. The van der Waals surface area contributed by atoms with Gasteiger partial charge in [0.2, 0.25) is 0 Å². The number of likely N-dealkylation sites (N-methyl/N-ethyl adjacent to an activating group) is 1. The molecule has 0 fully saturated rings. The van der Waals surface area contributed by atoms with Gasteiger partial charge in [-0.25, -0.2) is 4.79 Å². The summed E-state index contributed by atoms with van der Waals surface area (Å²) < 4.78 is 0. The molecule has 0 saturated carbocycles. The van der Waals surface area contributed by atoms with Crippen molar-refractivity contribution < 1.29 is 9.59 Å². The van der Waals surface area contributed by atoms with E-state index < -0.39 is 0 Å². The van der Waals surface area contributed by atoms with Gasteiger partial charge in [0.25, 0.3) is 5.91 Å². The zero-order valence-corrected chi connectivity index (χ0v) is 14.7. The number of nitrogens with one attached hydrogen (secondary N) is 2. The number of anilines is 2. The Bertz CT molecular complexity index is 746. The highest BCUT2D eigenvalue weighted by Gasteiger charge is 2.17. The lowest BCUT2D eigenvalue weighted by Crippen LogP contribution is -2.39. The van der Waals surface area contributed by atoms with Crippen LogP contribution in [0.15, 0.2) is 48.5 Å². The van der Waals surface area contributed by atoms with E-state index in [0.717, 1.165) is 5.56 Å². The van der Waals surface area contributed by atoms with Gasteiger partial charge in [0.05, 0.1) is 0 Å². The summed E-state index contributed by atoms with van der Waals surface area (Å²) in [6.07, 6.45) is 0. The molecule has 25 heavy (non-hydrogen) atoms. The van der Waals surface area contributed by atoms with E-state index in [9.17, 15) is 9.59 Å². The van der Waals surface area contributed by atoms with Crippen LogP contribution in [0.5, 0.6) is 0 Å². The molecule has 1 unspecified atom stereocenters. The van der Waals surface area contributed by atoms with Crippen molar-refractivity contribution in [2.75, 3.05) is 24.2 Å². The molecule has 4 N–H and O–H groups in total. The maximum Gasteiger partial charge on any atom is 0.323 e. The highest BCUT2D eigenvalue weighted by atomic mass is 16.2. The Morgan fingerprint density at radius 2 is 1.80 bits per heavy atom. The third kappa shape index (κ3) is 4.81. The number of amides is 3. The van der Waals surface area contributed by atoms with Crippen LogP contribution in [0.4, 0.5) is 16.2 Å². The molecule has 2 rings (SSSR count). The molecule has 0 aliphatic rings. The smallest absolute Gasteiger partial charge is 0.323 e. The summed E-state index contributed by atoms with van der Waals surface area (Å²) in [6.45, 7) is 4.15. The Labute approximate surface area is 148 Å². The molecule has 0 heterocycles. The summed E-state index contributed by atoms with van der Waals surface area (Å²) in [4.78, 5) is 26.3. The first-order chi connectivity index (χ1) is 11.9. The average Bonchev–Trinajstić information content (AvgIpc) is 2.62. The number of urea groups is 1. The molecule has 6 nitrogen and oxygen atoms in total. The monoisotopic (exact) mass is 340 g/mol. The maximum absolute atomic E-state index is 12.5. The number of aryl methyl sites for hydroxylation is 1. The van der Waals surface area contributed by atoms with Gasteiger partial charge >= 0.3 is 6.03 Å². The normalized spacial score (nSPS) is 11.5. The number of para-hydroxylation sites is 1. The number of nitrogens with zero attached hydrogens (tertiary/aromatic N) is 1. The van der Waals surface area contributed by atoms with Crippen LogP contribution in [-0.4, -0.2) is 36.5 Å². The van der Waals surface area contributed by atoms with Crippen LogP contribution in [0.25, 0.3) is 0 Å². The van der Waals surface area contributed by atoms with Crippen molar-refractivity contribution in [1.29, 1.82) is 0 Å². The predicted molar refractivity (Wildman–Crippen MR) is 101 cm³/mol. The molecule has 3 amide bonds. The van der Waals surface area contributed by atoms with E-state index in [4.69, 9.17) is 5.73 Å². The maximum atomic E-state index is 12.5. The van der Waals surface area contributed by atoms with Crippen molar-refractivity contribution in [2.45, 2.75) is 19.9 Å². The third-order valence-corrected chi connectivity index (χ3v) is 4.09. The molecule has 0 bridgehead atoms. The summed E-state index contributed by atoms with van der Waals surface area (Å²) in [5, 5.41) is 5.55. The van der Waals surface area contributed by atoms with Crippen molar-refractivity contribution in [2.24, 2.45) is 5.73 Å². The van der Waals surface area contributed by atoms with E-state index in [1.54, 1.807) is 36.2 Å². The molecule has 0 spiro atoms. The van der Waals surface area contributed by atoms with Crippen molar-refractivity contribution in [3.05, 3.63) is 59.7 Å². The fourth-order valence-electron chi connectivity index (χ4n) is 2.26. The molecular weight excluding hydrogens is 316 g/mol. The average molecular weight is 340 g/mol. The summed E-state index contributed by atoms with van der Waals surface area (Å²) >= 11 is 0. The van der Waals surface area contributed by atoms with E-state index in [1.165, 1.54) is 0 Å². The van der Waals surface area contributed by atoms with Gasteiger partial charge < -0.3 is 21.3 Å². The fraction of sp³-hybridized carbons (Fsp3) is 0.263. The van der Waals surface area contributed by atoms with Crippen molar-refractivity contribution in [3.8, 4) is 0 Å². The standard InChI is InChI=1S/C19H24N4O2/c1-13-9-10-15(18(24)23(3)14(2)12-20)11-17(13)22-19(25)21-16-7-5-4-6-8-16/h4-11,14H,12,20H2,1-3H3,(H2,21,22,25). The van der Waals surface area contributed by atoms with Gasteiger partial charge in [-0.15, -0.1) is 0 Å². The Balaban J connectivity index is 2.13. The minimum absolute atomic E-state index is 0.0633. The number of hydrogen-bond donors (Lipinski definition) is 3. The molecule has 0 aliphatic heterocycles. The van der Waals surface area contributed by atoms with Crippen molar-refractivity contribution in [1.82, 2.24) is 4.90 Å². The lowest BCUT2D eigenvalue weighted by atomic mass is 10.1. The minimum atomic E-state index is -0.359. The van der Waals surface area contributed by atoms with E-state index in [0.29, 0.717) is 23.5 Å². The molecule has 0 aromatic heterocycles. The quantitative estimate of drug-likeness (QED) is 0.782. The summed E-state index contributed by atoms with van der Waals surface area (Å²) in [5.41, 5.74) is 8.28. The molecule has 2 aromatic carbocycles. The molecule has 0 radical (unpaired) electrons. The van der Waals surface area contributed by atoms with Crippen LogP contribution >= 0.6 is 0 Å². The Hall–Kier alpha value is -2.86. The first kappa shape index (κ1) is 18.5. The SMILES string of the molecule is Cc1ccc(C(=O)N(C)C(C)CN)cc1NC(=O)Nc1ccccc1. The minimum Gasteiger partial charge on any atom is -0.338 e. The number of hydrogen-bond acceptors (Lipinski definition) is 3. The number of carbonyl (C=O) groups is 2. The topological polar surface area (TPSA) is 87.5 Å². The predicted octanol–water partition coefficient (Wildman–Crippen LogP) is 3.06. The van der Waals surface area contributed by atoms with Crippen LogP contribution < -0.4 is 16.4 Å².